The van der Waals surface area contributed by atoms with Gasteiger partial charge in [0.1, 0.15) is 5.82 Å². The topological polar surface area (TPSA) is 94.0 Å². The molecule has 2 saturated heterocycles. The van der Waals surface area contributed by atoms with Crippen LogP contribution in [-0.2, 0) is 4.79 Å². The number of nitrogens with zero attached hydrogens (tertiary/aromatic N) is 4. The molecule has 1 N–H and O–H groups in total. The third kappa shape index (κ3) is 5.17. The first-order valence-corrected chi connectivity index (χ1v) is 12.1. The molecule has 0 bridgehead atoms. The summed E-state index contributed by atoms with van der Waals surface area (Å²) in [6.45, 7) is 5.13. The molecular weight excluding hydrogens is 470 g/mol. The van der Waals surface area contributed by atoms with Gasteiger partial charge in [-0.05, 0) is 56.5 Å². The van der Waals surface area contributed by atoms with Gasteiger partial charge in [0.25, 0.3) is 0 Å². The molecule has 2 aliphatic heterocycles. The number of amides is 2. The Kier molecular flexibility index (Phi) is 7.51. The number of likely N-dealkylation sites (N-methyl/N-ethyl adjacent to an activating group) is 1. The van der Waals surface area contributed by atoms with Crippen LogP contribution in [0.15, 0.2) is 36.5 Å². The van der Waals surface area contributed by atoms with Crippen molar-refractivity contribution in [1.29, 1.82) is 0 Å². The van der Waals surface area contributed by atoms with Crippen LogP contribution >= 0.6 is 0 Å². The Hall–Kier alpha value is -3.56. The zero-order chi connectivity index (χ0) is 26.0. The summed E-state index contributed by atoms with van der Waals surface area (Å²) >= 11 is 0. The van der Waals surface area contributed by atoms with Gasteiger partial charge in [0, 0.05) is 56.3 Å². The lowest BCUT2D eigenvalue weighted by Crippen LogP contribution is -2.45. The zero-order valence-electron chi connectivity index (χ0n) is 20.4. The standard InChI is InChI=1S/C26H30F2N4O4/c1-3-32(26(35)36)23-15-31(14-20(23)18-4-6-21(27)22(28)12-18)25(34)17-8-10-30(11-9-17)24-7-5-19(13-29-24)16(2)33/h4-7,12-13,17,20,23H,3,8-11,14-15H2,1-2H3,(H,35,36)/t20-,23+/m0/s1. The van der Waals surface area contributed by atoms with Gasteiger partial charge in [-0.1, -0.05) is 6.07 Å². The van der Waals surface area contributed by atoms with Crippen molar-refractivity contribution in [3.8, 4) is 0 Å². The first-order chi connectivity index (χ1) is 17.2. The Morgan fingerprint density at radius 3 is 2.36 bits per heavy atom. The minimum absolute atomic E-state index is 0.0477. The molecule has 4 rings (SSSR count). The molecule has 8 nitrogen and oxygen atoms in total. The summed E-state index contributed by atoms with van der Waals surface area (Å²) < 4.78 is 27.5. The van der Waals surface area contributed by atoms with Crippen LogP contribution in [0, 0.1) is 17.6 Å². The Balaban J connectivity index is 1.46. The van der Waals surface area contributed by atoms with Crippen molar-refractivity contribution in [2.24, 2.45) is 5.92 Å². The first-order valence-electron chi connectivity index (χ1n) is 12.1. The highest BCUT2D eigenvalue weighted by Crippen LogP contribution is 2.34. The van der Waals surface area contributed by atoms with Gasteiger partial charge in [-0.15, -0.1) is 0 Å². The lowest BCUT2D eigenvalue weighted by Gasteiger charge is -2.34. The number of halogens is 2. The Morgan fingerprint density at radius 1 is 1.08 bits per heavy atom. The second-order valence-electron chi connectivity index (χ2n) is 9.38. The highest BCUT2D eigenvalue weighted by Gasteiger charge is 2.43. The van der Waals surface area contributed by atoms with Crippen molar-refractivity contribution in [3.63, 3.8) is 0 Å². The highest BCUT2D eigenvalue weighted by atomic mass is 19.2. The average Bonchev–Trinajstić information content (AvgIpc) is 3.30. The molecule has 0 radical (unpaired) electrons. The van der Waals surface area contributed by atoms with Crippen LogP contribution in [0.3, 0.4) is 0 Å². The molecule has 0 unspecified atom stereocenters. The molecule has 1 aromatic carbocycles. The number of likely N-dealkylation sites (tertiary alicyclic amines) is 1. The van der Waals surface area contributed by atoms with E-state index in [2.05, 4.69) is 9.88 Å². The third-order valence-corrected chi connectivity index (χ3v) is 7.28. The van der Waals surface area contributed by atoms with E-state index >= 15 is 0 Å². The number of carbonyl (C=O) groups is 3. The largest absolute Gasteiger partial charge is 0.465 e. The molecule has 36 heavy (non-hydrogen) atoms. The lowest BCUT2D eigenvalue weighted by atomic mass is 9.93. The number of anilines is 1. The van der Waals surface area contributed by atoms with Gasteiger partial charge in [0.05, 0.1) is 6.04 Å². The monoisotopic (exact) mass is 500 g/mol. The maximum Gasteiger partial charge on any atom is 0.407 e. The summed E-state index contributed by atoms with van der Waals surface area (Å²) in [5, 5.41) is 9.71. The van der Waals surface area contributed by atoms with Crippen molar-refractivity contribution < 1.29 is 28.3 Å². The van der Waals surface area contributed by atoms with E-state index in [1.807, 2.05) is 6.07 Å². The predicted molar refractivity (Wildman–Crippen MR) is 129 cm³/mol. The molecule has 2 amide bonds. The summed E-state index contributed by atoms with van der Waals surface area (Å²) in [4.78, 5) is 46.2. The summed E-state index contributed by atoms with van der Waals surface area (Å²) in [5.41, 5.74) is 1.02. The number of Topliss-reactive ketones (excluding diaryl/α,β-unsaturated/α-hetero) is 1. The number of aromatic nitrogens is 1. The fourth-order valence-electron chi connectivity index (χ4n) is 5.26. The fraction of sp³-hybridized carbons (Fsp3) is 0.462. The van der Waals surface area contributed by atoms with E-state index in [4.69, 9.17) is 0 Å². The Labute approximate surface area is 208 Å². The molecule has 1 aromatic heterocycles. The number of rotatable bonds is 6. The SMILES string of the molecule is CCN(C(=O)O)[C@@H]1CN(C(=O)C2CCN(c3ccc(C(C)=O)cn3)CC2)C[C@H]1c1ccc(F)c(F)c1. The van der Waals surface area contributed by atoms with Crippen molar-refractivity contribution in [1.82, 2.24) is 14.8 Å². The van der Waals surface area contributed by atoms with Gasteiger partial charge in [0.15, 0.2) is 17.4 Å². The van der Waals surface area contributed by atoms with Crippen LogP contribution in [0.25, 0.3) is 0 Å². The van der Waals surface area contributed by atoms with E-state index in [1.165, 1.54) is 17.9 Å². The van der Waals surface area contributed by atoms with Crippen LogP contribution in [0.1, 0.15) is 48.5 Å². The van der Waals surface area contributed by atoms with E-state index in [1.54, 1.807) is 24.1 Å². The van der Waals surface area contributed by atoms with Gasteiger partial charge in [0.2, 0.25) is 5.91 Å². The van der Waals surface area contributed by atoms with Crippen molar-refractivity contribution in [3.05, 3.63) is 59.3 Å². The number of ketones is 1. The van der Waals surface area contributed by atoms with E-state index in [-0.39, 0.29) is 37.2 Å². The molecule has 2 atom stereocenters. The molecule has 10 heteroatoms. The van der Waals surface area contributed by atoms with Crippen LogP contribution in [0.4, 0.5) is 19.4 Å². The predicted octanol–water partition coefficient (Wildman–Crippen LogP) is 3.77. The highest BCUT2D eigenvalue weighted by molar-refractivity contribution is 5.93. The van der Waals surface area contributed by atoms with Crippen LogP contribution in [0.5, 0.6) is 0 Å². The average molecular weight is 501 g/mol. The number of piperidine rings is 1. The first kappa shape index (κ1) is 25.5. The maximum atomic E-state index is 14.0. The summed E-state index contributed by atoms with van der Waals surface area (Å²) in [7, 11) is 0. The fourth-order valence-corrected chi connectivity index (χ4v) is 5.26. The number of hydrogen-bond donors (Lipinski definition) is 1. The minimum atomic E-state index is -1.11. The van der Waals surface area contributed by atoms with Gasteiger partial charge >= 0.3 is 6.09 Å². The molecule has 2 fully saturated rings. The van der Waals surface area contributed by atoms with Crippen molar-refractivity contribution in [2.45, 2.75) is 38.6 Å². The smallest absolute Gasteiger partial charge is 0.407 e. The van der Waals surface area contributed by atoms with Crippen LogP contribution in [0.2, 0.25) is 0 Å². The van der Waals surface area contributed by atoms with Gasteiger partial charge in [-0.3, -0.25) is 9.59 Å². The zero-order valence-corrected chi connectivity index (χ0v) is 20.4. The molecule has 2 aliphatic rings. The molecule has 3 heterocycles. The summed E-state index contributed by atoms with van der Waals surface area (Å²) in [6, 6.07) is 6.59. The lowest BCUT2D eigenvalue weighted by molar-refractivity contribution is -0.135. The normalized spacial score (nSPS) is 20.4. The van der Waals surface area contributed by atoms with E-state index in [0.29, 0.717) is 37.1 Å². The molecule has 0 saturated carbocycles. The van der Waals surface area contributed by atoms with Crippen molar-refractivity contribution >= 4 is 23.6 Å². The minimum Gasteiger partial charge on any atom is -0.465 e. The molecule has 2 aromatic rings. The number of benzene rings is 1. The number of hydrogen-bond acceptors (Lipinski definition) is 5. The second kappa shape index (κ2) is 10.6. The number of carboxylic acid groups (broad SMARTS) is 1. The van der Waals surface area contributed by atoms with Gasteiger partial charge in [-0.2, -0.15) is 0 Å². The molecule has 0 spiro atoms. The third-order valence-electron chi connectivity index (χ3n) is 7.28. The van der Waals surface area contributed by atoms with Gasteiger partial charge < -0.3 is 19.8 Å². The Morgan fingerprint density at radius 2 is 1.81 bits per heavy atom. The van der Waals surface area contributed by atoms with E-state index < -0.39 is 29.7 Å². The van der Waals surface area contributed by atoms with Crippen molar-refractivity contribution in [2.75, 3.05) is 37.6 Å². The molecule has 192 valence electrons. The Bertz CT molecular complexity index is 1140. The van der Waals surface area contributed by atoms with E-state index in [9.17, 15) is 28.3 Å². The van der Waals surface area contributed by atoms with Crippen LogP contribution < -0.4 is 4.90 Å². The number of carbonyl (C=O) groups excluding carboxylic acids is 2. The molecule has 0 aliphatic carbocycles. The van der Waals surface area contributed by atoms with Crippen LogP contribution in [-0.4, -0.2) is 76.4 Å². The summed E-state index contributed by atoms with van der Waals surface area (Å²) in [5.74, 6) is -1.98. The maximum absolute atomic E-state index is 14.0. The molecular formula is C26H30F2N4O4. The van der Waals surface area contributed by atoms with Gasteiger partial charge in [-0.25, -0.2) is 18.6 Å². The quantitative estimate of drug-likeness (QED) is 0.607. The van der Waals surface area contributed by atoms with E-state index in [0.717, 1.165) is 18.0 Å². The summed E-state index contributed by atoms with van der Waals surface area (Å²) in [6.07, 6.45) is 1.67. The second-order valence-corrected chi connectivity index (χ2v) is 9.38. The number of pyridine rings is 1.